The topological polar surface area (TPSA) is 66.8 Å². The SMILES string of the molecule is CCCC1(O)C=CC(Oc2ccccc2C(=O)c2ccccc2)=C(O)C1. The van der Waals surface area contributed by atoms with Crippen LogP contribution < -0.4 is 4.74 Å². The molecule has 26 heavy (non-hydrogen) atoms. The third-order valence-electron chi connectivity index (χ3n) is 4.37. The first-order valence-corrected chi connectivity index (χ1v) is 8.73. The molecule has 3 rings (SSSR count). The largest absolute Gasteiger partial charge is 0.508 e. The fourth-order valence-corrected chi connectivity index (χ4v) is 3.07. The van der Waals surface area contributed by atoms with Gasteiger partial charge in [-0.25, -0.2) is 0 Å². The Bertz CT molecular complexity index is 851. The molecule has 2 N–H and O–H groups in total. The van der Waals surface area contributed by atoms with E-state index in [1.54, 1.807) is 48.6 Å². The van der Waals surface area contributed by atoms with Crippen molar-refractivity contribution in [2.45, 2.75) is 31.8 Å². The van der Waals surface area contributed by atoms with Gasteiger partial charge < -0.3 is 14.9 Å². The lowest BCUT2D eigenvalue weighted by atomic mass is 9.89. The first-order chi connectivity index (χ1) is 12.5. The van der Waals surface area contributed by atoms with Gasteiger partial charge in [0.1, 0.15) is 11.5 Å². The molecule has 134 valence electrons. The number of para-hydroxylation sites is 1. The summed E-state index contributed by atoms with van der Waals surface area (Å²) in [5, 5.41) is 20.7. The van der Waals surface area contributed by atoms with Crippen molar-refractivity contribution in [3.63, 3.8) is 0 Å². The average molecular weight is 350 g/mol. The number of hydrogen-bond acceptors (Lipinski definition) is 4. The number of rotatable bonds is 6. The first kappa shape index (κ1) is 18.0. The maximum Gasteiger partial charge on any atom is 0.196 e. The van der Waals surface area contributed by atoms with E-state index in [1.807, 2.05) is 25.1 Å². The molecule has 0 radical (unpaired) electrons. The van der Waals surface area contributed by atoms with Crippen LogP contribution in [0.25, 0.3) is 0 Å². The molecule has 0 saturated heterocycles. The monoisotopic (exact) mass is 350 g/mol. The van der Waals surface area contributed by atoms with Gasteiger partial charge in [-0.15, -0.1) is 0 Å². The number of hydrogen-bond donors (Lipinski definition) is 2. The molecule has 1 aliphatic carbocycles. The van der Waals surface area contributed by atoms with Crippen LogP contribution in [0.1, 0.15) is 42.1 Å². The fourth-order valence-electron chi connectivity index (χ4n) is 3.07. The Kier molecular flexibility index (Phi) is 5.24. The molecular weight excluding hydrogens is 328 g/mol. The van der Waals surface area contributed by atoms with E-state index >= 15 is 0 Å². The van der Waals surface area contributed by atoms with Gasteiger partial charge in [-0.1, -0.05) is 55.8 Å². The van der Waals surface area contributed by atoms with Crippen molar-refractivity contribution in [1.82, 2.24) is 0 Å². The van der Waals surface area contributed by atoms with E-state index in [1.165, 1.54) is 0 Å². The van der Waals surface area contributed by atoms with Crippen LogP contribution in [-0.4, -0.2) is 21.6 Å². The number of benzene rings is 2. The molecule has 0 bridgehead atoms. The highest BCUT2D eigenvalue weighted by molar-refractivity contribution is 6.10. The van der Waals surface area contributed by atoms with Crippen molar-refractivity contribution in [2.24, 2.45) is 0 Å². The van der Waals surface area contributed by atoms with Gasteiger partial charge in [-0.05, 0) is 30.7 Å². The number of allylic oxidation sites excluding steroid dienone is 1. The van der Waals surface area contributed by atoms with Gasteiger partial charge in [0.25, 0.3) is 0 Å². The highest BCUT2D eigenvalue weighted by Gasteiger charge is 2.30. The van der Waals surface area contributed by atoms with Gasteiger partial charge in [0.15, 0.2) is 11.5 Å². The van der Waals surface area contributed by atoms with E-state index in [2.05, 4.69) is 0 Å². The predicted octanol–water partition coefficient (Wildman–Crippen LogP) is 4.56. The second-order valence-corrected chi connectivity index (χ2v) is 6.47. The van der Waals surface area contributed by atoms with Crippen LogP contribution in [0.4, 0.5) is 0 Å². The second kappa shape index (κ2) is 7.58. The standard InChI is InChI=1S/C22H22O4/c1-2-13-22(25)14-12-20(18(23)15-22)26-19-11-7-6-10-17(19)21(24)16-8-4-3-5-9-16/h3-12,14,23,25H,2,13,15H2,1H3. The quantitative estimate of drug-likeness (QED) is 0.750. The van der Waals surface area contributed by atoms with E-state index in [0.717, 1.165) is 6.42 Å². The summed E-state index contributed by atoms with van der Waals surface area (Å²) in [5.41, 5.74) is -0.0644. The predicted molar refractivity (Wildman–Crippen MR) is 100 cm³/mol. The van der Waals surface area contributed by atoms with Gasteiger partial charge >= 0.3 is 0 Å². The molecule has 1 atom stereocenters. The Hall–Kier alpha value is -2.85. The molecular formula is C22H22O4. The summed E-state index contributed by atoms with van der Waals surface area (Å²) in [5.74, 6) is 0.446. The summed E-state index contributed by atoms with van der Waals surface area (Å²) >= 11 is 0. The summed E-state index contributed by atoms with van der Waals surface area (Å²) in [4.78, 5) is 12.8. The molecule has 1 aliphatic rings. The van der Waals surface area contributed by atoms with Crippen molar-refractivity contribution in [2.75, 3.05) is 0 Å². The van der Waals surface area contributed by atoms with Crippen molar-refractivity contribution in [3.8, 4) is 5.75 Å². The van der Waals surface area contributed by atoms with Crippen LogP contribution in [0.3, 0.4) is 0 Å². The summed E-state index contributed by atoms with van der Waals surface area (Å²) in [7, 11) is 0. The molecule has 0 spiro atoms. The number of aliphatic hydroxyl groups is 2. The Morgan fingerprint density at radius 3 is 2.50 bits per heavy atom. The summed E-state index contributed by atoms with van der Waals surface area (Å²) in [6.07, 6.45) is 4.68. The zero-order valence-electron chi connectivity index (χ0n) is 14.7. The number of ether oxygens (including phenoxy) is 1. The van der Waals surface area contributed by atoms with Gasteiger partial charge in [-0.3, -0.25) is 4.79 Å². The zero-order chi connectivity index (χ0) is 18.6. The smallest absolute Gasteiger partial charge is 0.196 e. The number of aliphatic hydroxyl groups excluding tert-OH is 1. The molecule has 0 fully saturated rings. The molecule has 4 nitrogen and oxygen atoms in total. The van der Waals surface area contributed by atoms with E-state index in [4.69, 9.17) is 4.74 Å². The molecule has 0 aromatic heterocycles. The lowest BCUT2D eigenvalue weighted by Gasteiger charge is -2.27. The van der Waals surface area contributed by atoms with Crippen LogP contribution in [0.15, 0.2) is 78.3 Å². The van der Waals surface area contributed by atoms with E-state index < -0.39 is 5.60 Å². The van der Waals surface area contributed by atoms with Crippen molar-refractivity contribution in [3.05, 3.63) is 89.4 Å². The van der Waals surface area contributed by atoms with Gasteiger partial charge in [0.05, 0.1) is 11.2 Å². The van der Waals surface area contributed by atoms with Crippen molar-refractivity contribution < 1.29 is 19.7 Å². The van der Waals surface area contributed by atoms with Crippen molar-refractivity contribution in [1.29, 1.82) is 0 Å². The Balaban J connectivity index is 1.86. The number of carbonyl (C=O) groups is 1. The summed E-state index contributed by atoms with van der Waals surface area (Å²) < 4.78 is 5.82. The third kappa shape index (κ3) is 3.86. The minimum absolute atomic E-state index is 0.0228. The maximum atomic E-state index is 12.8. The summed E-state index contributed by atoms with van der Waals surface area (Å²) in [6.45, 7) is 1.98. The van der Waals surface area contributed by atoms with Crippen LogP contribution in [0, 0.1) is 0 Å². The normalized spacial score (nSPS) is 19.5. The lowest BCUT2D eigenvalue weighted by Crippen LogP contribution is -2.29. The molecule has 0 aliphatic heterocycles. The molecule has 2 aromatic carbocycles. The zero-order valence-corrected chi connectivity index (χ0v) is 14.7. The average Bonchev–Trinajstić information content (AvgIpc) is 2.65. The van der Waals surface area contributed by atoms with Crippen LogP contribution in [0.5, 0.6) is 5.75 Å². The van der Waals surface area contributed by atoms with Crippen molar-refractivity contribution >= 4 is 5.78 Å². The minimum Gasteiger partial charge on any atom is -0.508 e. The number of carbonyl (C=O) groups excluding carboxylic acids is 1. The van der Waals surface area contributed by atoms with Gasteiger partial charge in [0.2, 0.25) is 0 Å². The van der Waals surface area contributed by atoms with Crippen LogP contribution in [0.2, 0.25) is 0 Å². The Morgan fingerprint density at radius 2 is 1.81 bits per heavy atom. The van der Waals surface area contributed by atoms with Crippen LogP contribution in [-0.2, 0) is 0 Å². The van der Waals surface area contributed by atoms with Gasteiger partial charge in [-0.2, -0.15) is 0 Å². The van der Waals surface area contributed by atoms with E-state index in [9.17, 15) is 15.0 Å². The fraction of sp³-hybridized carbons (Fsp3) is 0.227. The van der Waals surface area contributed by atoms with E-state index in [-0.39, 0.29) is 23.7 Å². The molecule has 1 unspecified atom stereocenters. The Labute approximate surface area is 153 Å². The van der Waals surface area contributed by atoms with Gasteiger partial charge in [0, 0.05) is 12.0 Å². The lowest BCUT2D eigenvalue weighted by molar-refractivity contribution is 0.0637. The maximum absolute atomic E-state index is 12.8. The number of ketones is 1. The third-order valence-corrected chi connectivity index (χ3v) is 4.37. The van der Waals surface area contributed by atoms with Crippen LogP contribution >= 0.6 is 0 Å². The second-order valence-electron chi connectivity index (χ2n) is 6.47. The highest BCUT2D eigenvalue weighted by atomic mass is 16.5. The Morgan fingerprint density at radius 1 is 1.12 bits per heavy atom. The molecule has 0 heterocycles. The molecule has 0 saturated carbocycles. The highest BCUT2D eigenvalue weighted by Crippen LogP contribution is 2.32. The minimum atomic E-state index is -1.05. The first-order valence-electron chi connectivity index (χ1n) is 8.73. The molecule has 4 heteroatoms. The van der Waals surface area contributed by atoms with E-state index in [0.29, 0.717) is 23.3 Å². The molecule has 0 amide bonds. The summed E-state index contributed by atoms with van der Waals surface area (Å²) in [6, 6.07) is 15.9. The molecule has 2 aromatic rings.